The first kappa shape index (κ1) is 19.1. The van der Waals surface area contributed by atoms with Crippen molar-refractivity contribution in [2.75, 3.05) is 6.54 Å². The van der Waals surface area contributed by atoms with Gasteiger partial charge < -0.3 is 20.3 Å². The fourth-order valence-corrected chi connectivity index (χ4v) is 2.29. The van der Waals surface area contributed by atoms with Crippen LogP contribution in [0.1, 0.15) is 23.7 Å². The molecule has 134 valence electrons. The zero-order valence-corrected chi connectivity index (χ0v) is 14.0. The van der Waals surface area contributed by atoms with E-state index in [1.807, 2.05) is 30.3 Å². The number of hydrogen-bond donors (Lipinski definition) is 3. The molecule has 0 fully saturated rings. The molecule has 0 aliphatic heterocycles. The van der Waals surface area contributed by atoms with Crippen LogP contribution in [0.3, 0.4) is 0 Å². The molecule has 2 rings (SSSR count). The highest BCUT2D eigenvalue weighted by atomic mass is 35.5. The van der Waals surface area contributed by atoms with E-state index in [4.69, 9.17) is 16.3 Å². The van der Waals surface area contributed by atoms with Gasteiger partial charge >= 0.3 is 6.09 Å². The molecule has 0 aliphatic rings. The van der Waals surface area contributed by atoms with Crippen molar-refractivity contribution in [3.63, 3.8) is 0 Å². The SMILES string of the molecule is O=C(NCCC(O)C(O)c1ccnc(Cl)c1F)OCc1ccccc1. The number of amides is 1. The van der Waals surface area contributed by atoms with E-state index in [-0.39, 0.29) is 30.3 Å². The molecule has 0 saturated heterocycles. The Morgan fingerprint density at radius 2 is 2.00 bits per heavy atom. The molecule has 0 aliphatic carbocycles. The standard InChI is InChI=1S/C17H18ClFN2O4/c18-16-14(19)12(6-8-20-16)15(23)13(22)7-9-21-17(24)25-10-11-4-2-1-3-5-11/h1-6,8,13,15,22-23H,7,9-10H2,(H,21,24). The van der Waals surface area contributed by atoms with Gasteiger partial charge in [0.2, 0.25) is 0 Å². The first-order valence-electron chi connectivity index (χ1n) is 7.59. The third-order valence-corrected chi connectivity index (χ3v) is 3.75. The lowest BCUT2D eigenvalue weighted by Crippen LogP contribution is -2.30. The van der Waals surface area contributed by atoms with Crippen LogP contribution in [0.15, 0.2) is 42.6 Å². The number of aliphatic hydroxyl groups excluding tert-OH is 2. The van der Waals surface area contributed by atoms with Gasteiger partial charge in [0, 0.05) is 18.3 Å². The molecular formula is C17H18ClFN2O4. The van der Waals surface area contributed by atoms with Gasteiger partial charge in [0.05, 0.1) is 6.10 Å². The zero-order chi connectivity index (χ0) is 18.2. The van der Waals surface area contributed by atoms with E-state index in [9.17, 15) is 19.4 Å². The fraction of sp³-hybridized carbons (Fsp3) is 0.294. The van der Waals surface area contributed by atoms with Crippen LogP contribution in [-0.4, -0.2) is 33.9 Å². The minimum atomic E-state index is -1.48. The molecule has 8 heteroatoms. The third kappa shape index (κ3) is 5.67. The van der Waals surface area contributed by atoms with Crippen LogP contribution in [0.5, 0.6) is 0 Å². The van der Waals surface area contributed by atoms with Gasteiger partial charge in [0.15, 0.2) is 11.0 Å². The number of ether oxygens (including phenoxy) is 1. The molecule has 0 spiro atoms. The predicted octanol–water partition coefficient (Wildman–Crippen LogP) is 2.58. The molecular weight excluding hydrogens is 351 g/mol. The average molecular weight is 369 g/mol. The summed E-state index contributed by atoms with van der Waals surface area (Å²) in [7, 11) is 0. The quantitative estimate of drug-likeness (QED) is 0.653. The Bertz CT molecular complexity index is 702. The van der Waals surface area contributed by atoms with Crippen molar-refractivity contribution in [3.8, 4) is 0 Å². The number of hydrogen-bond acceptors (Lipinski definition) is 5. The number of halogens is 2. The van der Waals surface area contributed by atoms with Crippen molar-refractivity contribution in [1.29, 1.82) is 0 Å². The summed E-state index contributed by atoms with van der Waals surface area (Å²) in [5.74, 6) is -0.883. The summed E-state index contributed by atoms with van der Waals surface area (Å²) in [6.07, 6.45) is -2.19. The zero-order valence-electron chi connectivity index (χ0n) is 13.2. The van der Waals surface area contributed by atoms with Crippen LogP contribution >= 0.6 is 11.6 Å². The van der Waals surface area contributed by atoms with Crippen molar-refractivity contribution < 1.29 is 24.1 Å². The molecule has 6 nitrogen and oxygen atoms in total. The van der Waals surface area contributed by atoms with Crippen molar-refractivity contribution in [1.82, 2.24) is 10.3 Å². The maximum Gasteiger partial charge on any atom is 0.407 e. The van der Waals surface area contributed by atoms with Gasteiger partial charge in [-0.3, -0.25) is 0 Å². The Hall–Kier alpha value is -2.22. The van der Waals surface area contributed by atoms with Crippen molar-refractivity contribution in [2.45, 2.75) is 25.2 Å². The lowest BCUT2D eigenvalue weighted by atomic mass is 10.0. The minimum absolute atomic E-state index is 0.000978. The number of nitrogens with one attached hydrogen (secondary N) is 1. The molecule has 2 aromatic rings. The summed E-state index contributed by atoms with van der Waals surface area (Å²) in [4.78, 5) is 15.1. The highest BCUT2D eigenvalue weighted by Gasteiger charge is 2.23. The maximum atomic E-state index is 13.8. The number of aliphatic hydroxyl groups is 2. The summed E-state index contributed by atoms with van der Waals surface area (Å²) < 4.78 is 18.8. The lowest BCUT2D eigenvalue weighted by Gasteiger charge is -2.19. The number of aromatic nitrogens is 1. The van der Waals surface area contributed by atoms with Gasteiger partial charge in [0.1, 0.15) is 12.7 Å². The molecule has 1 aromatic heterocycles. The normalized spacial score (nSPS) is 13.1. The first-order chi connectivity index (χ1) is 12.0. The second kappa shape index (κ2) is 9.31. The molecule has 0 radical (unpaired) electrons. The second-order valence-electron chi connectivity index (χ2n) is 5.29. The van der Waals surface area contributed by atoms with Crippen LogP contribution in [0.25, 0.3) is 0 Å². The second-order valence-corrected chi connectivity index (χ2v) is 5.65. The predicted molar refractivity (Wildman–Crippen MR) is 89.4 cm³/mol. The lowest BCUT2D eigenvalue weighted by molar-refractivity contribution is 0.0115. The van der Waals surface area contributed by atoms with Crippen molar-refractivity contribution in [3.05, 3.63) is 64.7 Å². The number of pyridine rings is 1. The smallest absolute Gasteiger partial charge is 0.407 e. The largest absolute Gasteiger partial charge is 0.445 e. The molecule has 2 unspecified atom stereocenters. The topological polar surface area (TPSA) is 91.7 Å². The van der Waals surface area contributed by atoms with Crippen molar-refractivity contribution in [2.24, 2.45) is 0 Å². The molecule has 0 bridgehead atoms. The number of carbonyl (C=O) groups excluding carboxylic acids is 1. The highest BCUT2D eigenvalue weighted by Crippen LogP contribution is 2.24. The van der Waals surface area contributed by atoms with Gasteiger partial charge in [-0.1, -0.05) is 41.9 Å². The Morgan fingerprint density at radius 3 is 2.72 bits per heavy atom. The molecule has 3 N–H and O–H groups in total. The number of benzene rings is 1. The number of nitrogens with zero attached hydrogens (tertiary/aromatic N) is 1. The van der Waals surface area contributed by atoms with Gasteiger partial charge in [-0.25, -0.2) is 14.2 Å². The summed E-state index contributed by atoms with van der Waals surface area (Å²) >= 11 is 5.54. The van der Waals surface area contributed by atoms with Crippen LogP contribution in [0, 0.1) is 5.82 Å². The Balaban J connectivity index is 1.75. The van der Waals surface area contributed by atoms with E-state index < -0.39 is 24.1 Å². The van der Waals surface area contributed by atoms with Gasteiger partial charge in [-0.15, -0.1) is 0 Å². The van der Waals surface area contributed by atoms with Gasteiger partial charge in [0.25, 0.3) is 0 Å². The number of rotatable bonds is 7. The van der Waals surface area contributed by atoms with E-state index in [1.54, 1.807) is 0 Å². The maximum absolute atomic E-state index is 13.8. The van der Waals surface area contributed by atoms with Crippen LogP contribution in [0.4, 0.5) is 9.18 Å². The first-order valence-corrected chi connectivity index (χ1v) is 7.97. The van der Waals surface area contributed by atoms with Crippen LogP contribution in [-0.2, 0) is 11.3 Å². The van der Waals surface area contributed by atoms with Crippen LogP contribution < -0.4 is 5.32 Å². The number of alkyl carbamates (subject to hydrolysis) is 1. The van der Waals surface area contributed by atoms with E-state index >= 15 is 0 Å². The molecule has 1 heterocycles. The van der Waals surface area contributed by atoms with Crippen LogP contribution in [0.2, 0.25) is 5.15 Å². The molecule has 1 aromatic carbocycles. The minimum Gasteiger partial charge on any atom is -0.445 e. The van der Waals surface area contributed by atoms with E-state index in [0.717, 1.165) is 5.56 Å². The molecule has 0 saturated carbocycles. The fourth-order valence-electron chi connectivity index (χ4n) is 2.12. The summed E-state index contributed by atoms with van der Waals surface area (Å²) in [5.41, 5.74) is 0.692. The van der Waals surface area contributed by atoms with E-state index in [1.165, 1.54) is 12.3 Å². The Morgan fingerprint density at radius 1 is 1.28 bits per heavy atom. The summed E-state index contributed by atoms with van der Waals surface area (Å²) in [5, 5.41) is 22.0. The third-order valence-electron chi connectivity index (χ3n) is 3.48. The summed E-state index contributed by atoms with van der Waals surface area (Å²) in [6.45, 7) is 0.171. The summed E-state index contributed by atoms with van der Waals surface area (Å²) in [6, 6.07) is 10.4. The van der Waals surface area contributed by atoms with Gasteiger partial charge in [-0.2, -0.15) is 0 Å². The molecule has 25 heavy (non-hydrogen) atoms. The van der Waals surface area contributed by atoms with E-state index in [0.29, 0.717) is 0 Å². The average Bonchev–Trinajstić information content (AvgIpc) is 2.62. The van der Waals surface area contributed by atoms with E-state index in [2.05, 4.69) is 10.3 Å². The number of carbonyl (C=O) groups is 1. The Kier molecular flexibility index (Phi) is 7.12. The molecule has 2 atom stereocenters. The van der Waals surface area contributed by atoms with Crippen molar-refractivity contribution >= 4 is 17.7 Å². The highest BCUT2D eigenvalue weighted by molar-refractivity contribution is 6.29. The monoisotopic (exact) mass is 368 g/mol. The van der Waals surface area contributed by atoms with Gasteiger partial charge in [-0.05, 0) is 18.1 Å². The molecule has 1 amide bonds. The Labute approximate surface area is 149 Å².